The zero-order valence-corrected chi connectivity index (χ0v) is 11.6. The Bertz CT molecular complexity index is 570. The monoisotopic (exact) mass is 271 g/mol. The molecule has 1 aromatic rings. The van der Waals surface area contributed by atoms with E-state index in [1.54, 1.807) is 26.8 Å². The van der Waals surface area contributed by atoms with E-state index in [2.05, 4.69) is 0 Å². The van der Waals surface area contributed by atoms with Gasteiger partial charge in [0.2, 0.25) is 5.91 Å². The van der Waals surface area contributed by atoms with E-state index in [1.807, 2.05) is 4.72 Å². The van der Waals surface area contributed by atoms with E-state index in [0.717, 1.165) is 12.5 Å². The largest absolute Gasteiger partial charge is 0.386 e. The first-order valence-electron chi connectivity index (χ1n) is 5.41. The first-order chi connectivity index (χ1) is 8.04. The minimum atomic E-state index is -3.87. The normalized spacial score (nSPS) is 12.3. The van der Waals surface area contributed by atoms with Gasteiger partial charge in [-0.25, -0.2) is 13.1 Å². The zero-order valence-electron chi connectivity index (χ0n) is 10.8. The summed E-state index contributed by atoms with van der Waals surface area (Å²) < 4.78 is 25.5. The third-order valence-electron chi connectivity index (χ3n) is 2.46. The SMILES string of the molecule is CC(=O)NS(=O)(=O)c1ccc(C)c(C(C)(C)O)c1. The second-order valence-electron chi connectivity index (χ2n) is 4.70. The van der Waals surface area contributed by atoms with E-state index in [4.69, 9.17) is 0 Å². The number of carbonyl (C=O) groups is 1. The fraction of sp³-hybridized carbons (Fsp3) is 0.417. The molecule has 0 saturated carbocycles. The molecular weight excluding hydrogens is 254 g/mol. The van der Waals surface area contributed by atoms with Crippen molar-refractivity contribution in [2.75, 3.05) is 0 Å². The number of aryl methyl sites for hydroxylation is 1. The maximum atomic E-state index is 11.8. The third-order valence-corrected chi connectivity index (χ3v) is 3.89. The van der Waals surface area contributed by atoms with E-state index in [9.17, 15) is 18.3 Å². The third kappa shape index (κ3) is 3.30. The van der Waals surface area contributed by atoms with Gasteiger partial charge in [-0.1, -0.05) is 6.07 Å². The zero-order chi connectivity index (χ0) is 14.1. The fourth-order valence-corrected chi connectivity index (χ4v) is 2.69. The maximum Gasteiger partial charge on any atom is 0.264 e. The number of carbonyl (C=O) groups excluding carboxylic acids is 1. The number of hydrogen-bond donors (Lipinski definition) is 2. The molecule has 0 aromatic heterocycles. The van der Waals surface area contributed by atoms with Gasteiger partial charge in [0.25, 0.3) is 10.0 Å². The number of nitrogens with one attached hydrogen (secondary N) is 1. The van der Waals surface area contributed by atoms with Crippen LogP contribution in [0.2, 0.25) is 0 Å². The summed E-state index contributed by atoms with van der Waals surface area (Å²) in [6.07, 6.45) is 0. The summed E-state index contributed by atoms with van der Waals surface area (Å²) in [6.45, 7) is 6.05. The van der Waals surface area contributed by atoms with Gasteiger partial charge >= 0.3 is 0 Å². The van der Waals surface area contributed by atoms with Crippen molar-refractivity contribution in [2.24, 2.45) is 0 Å². The second kappa shape index (κ2) is 4.70. The molecule has 1 amide bonds. The lowest BCUT2D eigenvalue weighted by atomic mass is 9.94. The highest BCUT2D eigenvalue weighted by molar-refractivity contribution is 7.90. The van der Waals surface area contributed by atoms with Crippen LogP contribution >= 0.6 is 0 Å². The van der Waals surface area contributed by atoms with Crippen LogP contribution in [0.4, 0.5) is 0 Å². The molecule has 18 heavy (non-hydrogen) atoms. The molecule has 0 bridgehead atoms. The molecule has 0 fully saturated rings. The lowest BCUT2D eigenvalue weighted by Crippen LogP contribution is -2.28. The minimum absolute atomic E-state index is 0.0413. The highest BCUT2D eigenvalue weighted by Gasteiger charge is 2.22. The van der Waals surface area contributed by atoms with Gasteiger partial charge < -0.3 is 5.11 Å². The molecule has 0 aliphatic rings. The van der Waals surface area contributed by atoms with Crippen LogP contribution < -0.4 is 4.72 Å². The van der Waals surface area contributed by atoms with Crippen LogP contribution in [0.5, 0.6) is 0 Å². The molecule has 0 heterocycles. The van der Waals surface area contributed by atoms with Crippen LogP contribution in [0, 0.1) is 6.92 Å². The Labute approximate surface area is 107 Å². The summed E-state index contributed by atoms with van der Waals surface area (Å²) in [5.74, 6) is -0.652. The number of hydrogen-bond acceptors (Lipinski definition) is 4. The molecule has 100 valence electrons. The summed E-state index contributed by atoms with van der Waals surface area (Å²) in [5.41, 5.74) is 0.143. The standard InChI is InChI=1S/C12H17NO4S/c1-8-5-6-10(7-11(8)12(3,4)15)18(16,17)13-9(2)14/h5-7,15H,1-4H3,(H,13,14). The summed E-state index contributed by atoms with van der Waals surface area (Å²) in [6, 6.07) is 4.37. The van der Waals surface area contributed by atoms with Crippen molar-refractivity contribution in [2.45, 2.75) is 38.2 Å². The first kappa shape index (κ1) is 14.7. The van der Waals surface area contributed by atoms with Gasteiger partial charge in [-0.05, 0) is 44.0 Å². The van der Waals surface area contributed by atoms with Gasteiger partial charge in [0, 0.05) is 6.92 Å². The summed E-state index contributed by atoms with van der Waals surface area (Å²) >= 11 is 0. The summed E-state index contributed by atoms with van der Waals surface area (Å²) in [5, 5.41) is 9.96. The van der Waals surface area contributed by atoms with Crippen molar-refractivity contribution in [1.82, 2.24) is 4.72 Å². The lowest BCUT2D eigenvalue weighted by Gasteiger charge is -2.21. The summed E-state index contributed by atoms with van der Waals surface area (Å²) in [4.78, 5) is 10.8. The Morgan fingerprint density at radius 1 is 1.33 bits per heavy atom. The quantitative estimate of drug-likeness (QED) is 0.860. The van der Waals surface area contributed by atoms with Crippen LogP contribution in [0.3, 0.4) is 0 Å². The predicted molar refractivity (Wildman–Crippen MR) is 67.4 cm³/mol. The number of benzene rings is 1. The topological polar surface area (TPSA) is 83.5 Å². The van der Waals surface area contributed by atoms with Crippen LogP contribution in [0.15, 0.2) is 23.1 Å². The molecule has 5 nitrogen and oxygen atoms in total. The van der Waals surface area contributed by atoms with Crippen LogP contribution in [-0.4, -0.2) is 19.4 Å². The Morgan fingerprint density at radius 2 is 1.89 bits per heavy atom. The van der Waals surface area contributed by atoms with Gasteiger partial charge in [0.15, 0.2) is 0 Å². The molecule has 6 heteroatoms. The molecular formula is C12H17NO4S. The van der Waals surface area contributed by atoms with Gasteiger partial charge in [-0.15, -0.1) is 0 Å². The minimum Gasteiger partial charge on any atom is -0.386 e. The Balaban J connectivity index is 3.34. The van der Waals surface area contributed by atoms with Crippen LogP contribution in [0.1, 0.15) is 31.9 Å². The molecule has 0 saturated heterocycles. The van der Waals surface area contributed by atoms with E-state index in [1.165, 1.54) is 12.1 Å². The Hall–Kier alpha value is -1.40. The van der Waals surface area contributed by atoms with E-state index >= 15 is 0 Å². The molecule has 0 unspecified atom stereocenters. The Morgan fingerprint density at radius 3 is 2.33 bits per heavy atom. The predicted octanol–water partition coefficient (Wildman–Crippen LogP) is 1.05. The highest BCUT2D eigenvalue weighted by Crippen LogP contribution is 2.25. The average Bonchev–Trinajstić information content (AvgIpc) is 2.13. The average molecular weight is 271 g/mol. The molecule has 0 radical (unpaired) electrons. The Kier molecular flexibility index (Phi) is 3.83. The van der Waals surface area contributed by atoms with E-state index in [0.29, 0.717) is 5.56 Å². The highest BCUT2D eigenvalue weighted by atomic mass is 32.2. The van der Waals surface area contributed by atoms with Crippen molar-refractivity contribution in [3.05, 3.63) is 29.3 Å². The van der Waals surface area contributed by atoms with Crippen molar-refractivity contribution < 1.29 is 18.3 Å². The number of sulfonamides is 1. The van der Waals surface area contributed by atoms with Gasteiger partial charge in [0.1, 0.15) is 0 Å². The van der Waals surface area contributed by atoms with Crippen LogP contribution in [-0.2, 0) is 20.4 Å². The smallest absolute Gasteiger partial charge is 0.264 e. The molecule has 2 N–H and O–H groups in total. The van der Waals surface area contributed by atoms with Gasteiger partial charge in [0.05, 0.1) is 10.5 Å². The van der Waals surface area contributed by atoms with Crippen molar-refractivity contribution in [3.63, 3.8) is 0 Å². The van der Waals surface area contributed by atoms with Crippen molar-refractivity contribution >= 4 is 15.9 Å². The number of rotatable bonds is 3. The van der Waals surface area contributed by atoms with Crippen molar-refractivity contribution in [1.29, 1.82) is 0 Å². The van der Waals surface area contributed by atoms with Crippen LogP contribution in [0.25, 0.3) is 0 Å². The van der Waals surface area contributed by atoms with Gasteiger partial charge in [-0.2, -0.15) is 0 Å². The summed E-state index contributed by atoms with van der Waals surface area (Å²) in [7, 11) is -3.87. The molecule has 0 aliphatic heterocycles. The first-order valence-corrected chi connectivity index (χ1v) is 6.89. The second-order valence-corrected chi connectivity index (χ2v) is 6.38. The van der Waals surface area contributed by atoms with Gasteiger partial charge in [-0.3, -0.25) is 4.79 Å². The molecule has 0 spiro atoms. The molecule has 0 aliphatic carbocycles. The number of aliphatic hydroxyl groups is 1. The fourth-order valence-electron chi connectivity index (χ4n) is 1.68. The molecule has 0 atom stereocenters. The lowest BCUT2D eigenvalue weighted by molar-refractivity contribution is -0.117. The molecule has 1 aromatic carbocycles. The number of amides is 1. The maximum absolute atomic E-state index is 11.8. The van der Waals surface area contributed by atoms with Crippen molar-refractivity contribution in [3.8, 4) is 0 Å². The van der Waals surface area contributed by atoms with E-state index < -0.39 is 21.5 Å². The van der Waals surface area contributed by atoms with E-state index in [-0.39, 0.29) is 4.90 Å². The molecule has 1 rings (SSSR count).